The molecule has 3 aliphatic carbocycles. The number of amides is 2. The third kappa shape index (κ3) is 2.30. The van der Waals surface area contributed by atoms with Crippen molar-refractivity contribution in [3.05, 3.63) is 46.0 Å². The number of fused-ring (bicyclic) bond motifs is 6. The van der Waals surface area contributed by atoms with E-state index in [-0.39, 0.29) is 40.3 Å². The van der Waals surface area contributed by atoms with Crippen molar-refractivity contribution in [2.24, 2.45) is 23.7 Å². The van der Waals surface area contributed by atoms with Gasteiger partial charge in [-0.2, -0.15) is 0 Å². The van der Waals surface area contributed by atoms with E-state index in [0.29, 0.717) is 12.8 Å². The van der Waals surface area contributed by atoms with E-state index in [1.54, 1.807) is 0 Å². The summed E-state index contributed by atoms with van der Waals surface area (Å²) < 4.78 is -1.64. The van der Waals surface area contributed by atoms with Gasteiger partial charge in [0, 0.05) is 0 Å². The summed E-state index contributed by atoms with van der Waals surface area (Å²) in [4.78, 5) is 24.8. The van der Waals surface area contributed by atoms with E-state index in [1.165, 1.54) is 4.90 Å². The molecule has 3 fully saturated rings. The zero-order chi connectivity index (χ0) is 20.9. The van der Waals surface area contributed by atoms with Crippen LogP contribution < -0.4 is 0 Å². The van der Waals surface area contributed by atoms with E-state index in [9.17, 15) is 9.59 Å². The smallest absolute Gasteiger partial charge is 0.233 e. The second-order valence-electron chi connectivity index (χ2n) is 8.27. The molecule has 0 spiro atoms. The minimum atomic E-state index is -1.64. The molecular weight excluding hydrogens is 499 g/mol. The zero-order valence-corrected chi connectivity index (χ0v) is 19.4. The lowest BCUT2D eigenvalue weighted by Gasteiger charge is -2.42. The fourth-order valence-electron chi connectivity index (χ4n) is 5.71. The number of halogens is 6. The van der Waals surface area contributed by atoms with Crippen LogP contribution >= 0.6 is 69.6 Å². The number of benzene rings is 1. The van der Waals surface area contributed by atoms with Crippen molar-refractivity contribution in [2.45, 2.75) is 33.5 Å². The average molecular weight is 514 g/mol. The van der Waals surface area contributed by atoms with Crippen molar-refractivity contribution in [3.8, 4) is 0 Å². The van der Waals surface area contributed by atoms with Gasteiger partial charge in [0.05, 0.1) is 28.4 Å². The monoisotopic (exact) mass is 511 g/mol. The van der Waals surface area contributed by atoms with Crippen LogP contribution in [-0.4, -0.2) is 30.8 Å². The number of allylic oxidation sites excluding steroid dienone is 2. The first-order valence-electron chi connectivity index (χ1n) is 9.27. The molecule has 0 radical (unpaired) electrons. The van der Waals surface area contributed by atoms with E-state index in [2.05, 4.69) is 0 Å². The Labute approximate surface area is 198 Å². The molecular formula is C20H15Cl6NO2. The number of hydrogen-bond donors (Lipinski definition) is 0. The van der Waals surface area contributed by atoms with Gasteiger partial charge < -0.3 is 0 Å². The molecule has 9 heteroatoms. The summed E-state index contributed by atoms with van der Waals surface area (Å²) in [7, 11) is 0. The van der Waals surface area contributed by atoms with Crippen molar-refractivity contribution in [1.82, 2.24) is 4.90 Å². The van der Waals surface area contributed by atoms with Gasteiger partial charge in [0.1, 0.15) is 9.75 Å². The Morgan fingerprint density at radius 3 is 1.72 bits per heavy atom. The lowest BCUT2D eigenvalue weighted by Crippen LogP contribution is -2.44. The van der Waals surface area contributed by atoms with Gasteiger partial charge in [-0.1, -0.05) is 76.7 Å². The Morgan fingerprint density at radius 2 is 1.28 bits per heavy atom. The summed E-state index contributed by atoms with van der Waals surface area (Å²) in [5.74, 6) is -2.10. The fraction of sp³-hybridized carbons (Fsp3) is 0.500. The van der Waals surface area contributed by atoms with Crippen LogP contribution in [0, 0.1) is 23.7 Å². The highest BCUT2D eigenvalue weighted by molar-refractivity contribution is 6.65. The Hall–Kier alpha value is -0.160. The van der Waals surface area contributed by atoms with Crippen LogP contribution in [0.1, 0.15) is 18.4 Å². The third-order valence-corrected chi connectivity index (χ3v) is 11.5. The second kappa shape index (κ2) is 6.43. The maximum Gasteiger partial charge on any atom is 0.233 e. The second-order valence-corrected chi connectivity index (χ2v) is 11.5. The Kier molecular flexibility index (Phi) is 4.60. The summed E-state index contributed by atoms with van der Waals surface area (Å²) in [5.41, 5.74) is 0.893. The first-order valence-corrected chi connectivity index (χ1v) is 11.5. The van der Waals surface area contributed by atoms with Crippen molar-refractivity contribution >= 4 is 81.4 Å². The zero-order valence-electron chi connectivity index (χ0n) is 14.8. The topological polar surface area (TPSA) is 37.4 Å². The molecule has 1 aliphatic heterocycles. The molecule has 0 unspecified atom stereocenters. The summed E-state index contributed by atoms with van der Waals surface area (Å²) >= 11 is 40.0. The maximum absolute atomic E-state index is 13.1. The summed E-state index contributed by atoms with van der Waals surface area (Å²) in [5, 5.41) is 0.275. The van der Waals surface area contributed by atoms with Crippen LogP contribution in [0.25, 0.3) is 0 Å². The molecule has 4 aliphatic rings. The van der Waals surface area contributed by atoms with E-state index in [4.69, 9.17) is 69.6 Å². The summed E-state index contributed by atoms with van der Waals surface area (Å²) in [6.07, 6.45) is 0.676. The predicted molar refractivity (Wildman–Crippen MR) is 116 cm³/mol. The number of nitrogens with zero attached hydrogens (tertiary/aromatic N) is 1. The van der Waals surface area contributed by atoms with E-state index in [0.717, 1.165) is 5.56 Å². The van der Waals surface area contributed by atoms with Gasteiger partial charge in [-0.25, -0.2) is 0 Å². The fourth-order valence-corrected chi connectivity index (χ4v) is 8.82. The number of alkyl halides is 4. The number of carbonyl (C=O) groups is 2. The highest BCUT2D eigenvalue weighted by Gasteiger charge is 2.83. The first kappa shape index (κ1) is 20.7. The van der Waals surface area contributed by atoms with Crippen LogP contribution in [-0.2, 0) is 16.1 Å². The molecule has 29 heavy (non-hydrogen) atoms. The summed E-state index contributed by atoms with van der Waals surface area (Å²) in [6.45, 7) is 0.244. The number of imide groups is 1. The molecule has 154 valence electrons. The number of rotatable bonds is 2. The number of hydrogen-bond acceptors (Lipinski definition) is 2. The minimum Gasteiger partial charge on any atom is -0.278 e. The molecule has 1 aromatic rings. The minimum absolute atomic E-state index is 0.137. The molecule has 1 aromatic carbocycles. The Balaban J connectivity index is 1.50. The van der Waals surface area contributed by atoms with Crippen LogP contribution in [0.4, 0.5) is 0 Å². The molecule has 2 bridgehead atoms. The predicted octanol–water partition coefficient (Wildman–Crippen LogP) is 5.66. The van der Waals surface area contributed by atoms with Crippen LogP contribution in [0.15, 0.2) is 40.4 Å². The normalized spacial score (nSPS) is 42.5. The highest BCUT2D eigenvalue weighted by atomic mass is 35.5. The van der Waals surface area contributed by atoms with Gasteiger partial charge in [-0.3, -0.25) is 14.5 Å². The van der Waals surface area contributed by atoms with Gasteiger partial charge in [0.15, 0.2) is 4.33 Å². The number of likely N-dealkylation sites (tertiary alicyclic amines) is 1. The highest BCUT2D eigenvalue weighted by Crippen LogP contribution is 2.79. The average Bonchev–Trinajstić information content (AvgIpc) is 3.05. The summed E-state index contributed by atoms with van der Waals surface area (Å²) in [6, 6.07) is 9.41. The molecule has 2 amide bonds. The standard InChI is InChI=1S/C20H15Cl6NO2/c21-14-15(22)19(24)13-7-11-10(6-12(13)18(14,23)20(19,25)26)16(28)27(17(11)29)8-9-4-2-1-3-5-9/h1-5,10-13H,6-8H2/t10-,11-,12-,13+,18-,19-/m1/s1. The SMILES string of the molecule is O=C1[C@@H]2C[C@@H]3[C@H](C[C@H]2C(=O)N1Cc1ccccc1)[C@@]1(Cl)C(Cl)=C(Cl)[C@@]3(Cl)C1(Cl)Cl. The Bertz CT molecular complexity index is 911. The van der Waals surface area contributed by atoms with Crippen molar-refractivity contribution in [2.75, 3.05) is 0 Å². The van der Waals surface area contributed by atoms with Gasteiger partial charge in [0.2, 0.25) is 11.8 Å². The van der Waals surface area contributed by atoms with Gasteiger partial charge in [0.25, 0.3) is 0 Å². The quantitative estimate of drug-likeness (QED) is 0.378. The molecule has 0 aromatic heterocycles. The lowest BCUT2D eigenvalue weighted by atomic mass is 9.65. The lowest BCUT2D eigenvalue weighted by molar-refractivity contribution is -0.140. The molecule has 2 saturated carbocycles. The van der Waals surface area contributed by atoms with E-state index in [1.807, 2.05) is 30.3 Å². The van der Waals surface area contributed by atoms with Crippen LogP contribution in [0.5, 0.6) is 0 Å². The maximum atomic E-state index is 13.1. The van der Waals surface area contributed by atoms with E-state index >= 15 is 0 Å². The molecule has 5 rings (SSSR count). The van der Waals surface area contributed by atoms with E-state index < -0.39 is 25.9 Å². The number of carbonyl (C=O) groups excluding carboxylic acids is 2. The van der Waals surface area contributed by atoms with Gasteiger partial charge in [-0.15, -0.1) is 23.2 Å². The van der Waals surface area contributed by atoms with Crippen LogP contribution in [0.2, 0.25) is 0 Å². The first-order chi connectivity index (χ1) is 13.6. The molecule has 0 N–H and O–H groups in total. The van der Waals surface area contributed by atoms with Crippen molar-refractivity contribution in [3.63, 3.8) is 0 Å². The van der Waals surface area contributed by atoms with Gasteiger partial charge >= 0.3 is 0 Å². The molecule has 3 nitrogen and oxygen atoms in total. The largest absolute Gasteiger partial charge is 0.278 e. The molecule has 1 heterocycles. The molecule has 6 atom stereocenters. The molecule has 1 saturated heterocycles. The van der Waals surface area contributed by atoms with Crippen molar-refractivity contribution in [1.29, 1.82) is 0 Å². The van der Waals surface area contributed by atoms with Crippen LogP contribution in [0.3, 0.4) is 0 Å². The third-order valence-electron chi connectivity index (χ3n) is 7.10. The Morgan fingerprint density at radius 1 is 0.828 bits per heavy atom. The van der Waals surface area contributed by atoms with Gasteiger partial charge in [-0.05, 0) is 30.2 Å². The van der Waals surface area contributed by atoms with Crippen molar-refractivity contribution < 1.29 is 9.59 Å².